The van der Waals surface area contributed by atoms with Gasteiger partial charge in [0.25, 0.3) is 0 Å². The van der Waals surface area contributed by atoms with Gasteiger partial charge in [0.2, 0.25) is 0 Å². The monoisotopic (exact) mass is 388 g/mol. The molecule has 0 atom stereocenters. The summed E-state index contributed by atoms with van der Waals surface area (Å²) in [6.07, 6.45) is 0. The van der Waals surface area contributed by atoms with Crippen LogP contribution in [0.4, 0.5) is 0 Å². The molecule has 72 valence electrons. The molecule has 0 saturated heterocycles. The summed E-state index contributed by atoms with van der Waals surface area (Å²) < 4.78 is 0. The van der Waals surface area contributed by atoms with Crippen LogP contribution < -0.4 is 0 Å². The number of aryl methyl sites for hydroxylation is 1. The number of carboxylic acid groups (broad SMARTS) is 1. The van der Waals surface area contributed by atoms with E-state index in [9.17, 15) is 4.79 Å². The third-order valence-corrected chi connectivity index (χ3v) is 2.37. The SMILES string of the molecule is Cc1ccc(C(=O)O)c2ccccc12.[Hg]. The Hall–Kier alpha value is -0.895. The van der Waals surface area contributed by atoms with Crippen LogP contribution in [0.5, 0.6) is 0 Å². The molecule has 0 amide bonds. The number of rotatable bonds is 1. The van der Waals surface area contributed by atoms with E-state index in [1.165, 1.54) is 0 Å². The summed E-state index contributed by atoms with van der Waals surface area (Å²) in [5.74, 6) is -0.874. The van der Waals surface area contributed by atoms with Gasteiger partial charge in [0.05, 0.1) is 5.56 Å². The van der Waals surface area contributed by atoms with Gasteiger partial charge in [0.15, 0.2) is 0 Å². The first-order valence-corrected chi connectivity index (χ1v) is 4.42. The van der Waals surface area contributed by atoms with E-state index >= 15 is 0 Å². The Labute approximate surface area is 108 Å². The normalized spacial score (nSPS) is 9.67. The Morgan fingerprint density at radius 2 is 1.67 bits per heavy atom. The van der Waals surface area contributed by atoms with Crippen LogP contribution in [0.3, 0.4) is 0 Å². The van der Waals surface area contributed by atoms with Crippen molar-refractivity contribution in [1.29, 1.82) is 0 Å². The molecule has 2 nitrogen and oxygen atoms in total. The van der Waals surface area contributed by atoms with Crippen molar-refractivity contribution in [2.24, 2.45) is 0 Å². The first-order valence-electron chi connectivity index (χ1n) is 4.42. The largest absolute Gasteiger partial charge is 0.478 e. The van der Waals surface area contributed by atoms with Crippen molar-refractivity contribution >= 4 is 16.7 Å². The summed E-state index contributed by atoms with van der Waals surface area (Å²) in [6.45, 7) is 1.98. The van der Waals surface area contributed by atoms with E-state index in [2.05, 4.69) is 0 Å². The Morgan fingerprint density at radius 1 is 1.07 bits per heavy atom. The molecular weight excluding hydrogens is 377 g/mol. The number of hydrogen-bond donors (Lipinski definition) is 1. The van der Waals surface area contributed by atoms with E-state index < -0.39 is 5.97 Å². The van der Waals surface area contributed by atoms with E-state index in [1.54, 1.807) is 6.07 Å². The van der Waals surface area contributed by atoms with Crippen molar-refractivity contribution in [3.63, 3.8) is 0 Å². The number of benzene rings is 2. The van der Waals surface area contributed by atoms with Crippen LogP contribution in [0, 0.1) is 6.92 Å². The zero-order valence-corrected chi connectivity index (χ0v) is 14.0. The number of aromatic carboxylic acids is 1. The topological polar surface area (TPSA) is 37.3 Å². The van der Waals surface area contributed by atoms with Crippen LogP contribution in [0.1, 0.15) is 15.9 Å². The van der Waals surface area contributed by atoms with Gasteiger partial charge in [0, 0.05) is 27.7 Å². The van der Waals surface area contributed by atoms with Gasteiger partial charge in [-0.3, -0.25) is 0 Å². The van der Waals surface area contributed by atoms with E-state index in [-0.39, 0.29) is 27.7 Å². The molecule has 0 unspecified atom stereocenters. The van der Waals surface area contributed by atoms with E-state index in [4.69, 9.17) is 5.11 Å². The zero-order valence-electron chi connectivity index (χ0n) is 8.53. The van der Waals surface area contributed by atoms with Gasteiger partial charge in [-0.25, -0.2) is 4.79 Å². The molecule has 15 heavy (non-hydrogen) atoms. The summed E-state index contributed by atoms with van der Waals surface area (Å²) in [7, 11) is 0. The quantitative estimate of drug-likeness (QED) is 0.765. The molecule has 0 saturated carbocycles. The van der Waals surface area contributed by atoms with Gasteiger partial charge < -0.3 is 5.11 Å². The van der Waals surface area contributed by atoms with E-state index in [0.717, 1.165) is 16.3 Å². The van der Waals surface area contributed by atoms with Gasteiger partial charge in [-0.15, -0.1) is 0 Å². The molecule has 1 N–H and O–H groups in total. The maximum atomic E-state index is 10.9. The van der Waals surface area contributed by atoms with Crippen molar-refractivity contribution in [2.45, 2.75) is 6.92 Å². The van der Waals surface area contributed by atoms with Crippen molar-refractivity contribution < 1.29 is 37.6 Å². The van der Waals surface area contributed by atoms with Crippen molar-refractivity contribution in [1.82, 2.24) is 0 Å². The summed E-state index contributed by atoms with van der Waals surface area (Å²) in [4.78, 5) is 10.9. The number of carbonyl (C=O) groups is 1. The minimum atomic E-state index is -0.874. The standard InChI is InChI=1S/C12H10O2.Hg/c1-8-6-7-11(12(13)14)10-5-3-2-4-9(8)10;/h2-7H,1H3,(H,13,14);. The van der Waals surface area contributed by atoms with Gasteiger partial charge in [0.1, 0.15) is 0 Å². The summed E-state index contributed by atoms with van der Waals surface area (Å²) >= 11 is 0. The van der Waals surface area contributed by atoms with Crippen molar-refractivity contribution in [3.05, 3.63) is 47.5 Å². The van der Waals surface area contributed by atoms with Crippen LogP contribution >= 0.6 is 0 Å². The van der Waals surface area contributed by atoms with Crippen LogP contribution in [-0.2, 0) is 27.7 Å². The fourth-order valence-corrected chi connectivity index (χ4v) is 1.64. The average Bonchev–Trinajstić information content (AvgIpc) is 2.18. The molecule has 0 spiro atoms. The fraction of sp³-hybridized carbons (Fsp3) is 0.0833. The molecule has 2 aromatic carbocycles. The van der Waals surface area contributed by atoms with Crippen LogP contribution in [0.2, 0.25) is 0 Å². The Bertz CT molecular complexity index is 506. The Kier molecular flexibility index (Phi) is 3.86. The van der Waals surface area contributed by atoms with Crippen molar-refractivity contribution in [3.8, 4) is 0 Å². The van der Waals surface area contributed by atoms with Gasteiger partial charge in [-0.05, 0) is 29.3 Å². The predicted octanol–water partition coefficient (Wildman–Crippen LogP) is 2.84. The molecule has 0 aromatic heterocycles. The van der Waals surface area contributed by atoms with E-state index in [0.29, 0.717) is 5.56 Å². The molecule has 0 radical (unpaired) electrons. The third-order valence-electron chi connectivity index (χ3n) is 2.37. The molecule has 0 fully saturated rings. The van der Waals surface area contributed by atoms with Gasteiger partial charge in [-0.2, -0.15) is 0 Å². The minimum Gasteiger partial charge on any atom is -0.478 e. The Morgan fingerprint density at radius 3 is 2.27 bits per heavy atom. The summed E-state index contributed by atoms with van der Waals surface area (Å²) in [5, 5.41) is 10.8. The number of fused-ring (bicyclic) bond motifs is 1. The average molecular weight is 387 g/mol. The number of hydrogen-bond acceptors (Lipinski definition) is 1. The molecule has 3 heteroatoms. The van der Waals surface area contributed by atoms with Crippen LogP contribution in [0.15, 0.2) is 36.4 Å². The first kappa shape index (κ1) is 12.2. The predicted molar refractivity (Wildman–Crippen MR) is 55.6 cm³/mol. The molecule has 0 heterocycles. The second kappa shape index (κ2) is 4.75. The minimum absolute atomic E-state index is 0. The van der Waals surface area contributed by atoms with E-state index in [1.807, 2.05) is 37.3 Å². The smallest absolute Gasteiger partial charge is 0.336 e. The summed E-state index contributed by atoms with van der Waals surface area (Å²) in [5.41, 5.74) is 1.47. The zero-order chi connectivity index (χ0) is 10.1. The molecule has 0 aliphatic heterocycles. The molecule has 2 aromatic rings. The van der Waals surface area contributed by atoms with Crippen LogP contribution in [-0.4, -0.2) is 11.1 Å². The fourth-order valence-electron chi connectivity index (χ4n) is 1.64. The van der Waals surface area contributed by atoms with Gasteiger partial charge >= 0.3 is 5.97 Å². The first-order chi connectivity index (χ1) is 6.70. The second-order valence-electron chi connectivity index (χ2n) is 3.28. The number of carboxylic acids is 1. The molecule has 0 aliphatic carbocycles. The third kappa shape index (κ3) is 2.20. The molecule has 2 rings (SSSR count). The van der Waals surface area contributed by atoms with Crippen molar-refractivity contribution in [2.75, 3.05) is 0 Å². The second-order valence-corrected chi connectivity index (χ2v) is 3.28. The van der Waals surface area contributed by atoms with Gasteiger partial charge in [-0.1, -0.05) is 30.3 Å². The van der Waals surface area contributed by atoms with Crippen LogP contribution in [0.25, 0.3) is 10.8 Å². The molecule has 0 aliphatic rings. The molecular formula is C12H10HgO2. The maximum absolute atomic E-state index is 10.9. The Balaban J connectivity index is 0.00000112. The summed E-state index contributed by atoms with van der Waals surface area (Å²) in [6, 6.07) is 11.0. The maximum Gasteiger partial charge on any atom is 0.336 e. The molecule has 0 bridgehead atoms.